The molecule has 0 aromatic heterocycles. The zero-order chi connectivity index (χ0) is 13.0. The van der Waals surface area contributed by atoms with E-state index in [1.807, 2.05) is 4.90 Å². The molecule has 104 valence electrons. The first kappa shape index (κ1) is 13.7. The minimum atomic E-state index is 0.106. The van der Waals surface area contributed by atoms with Crippen molar-refractivity contribution in [3.05, 3.63) is 0 Å². The number of carbonyl (C=O) groups is 1. The van der Waals surface area contributed by atoms with Crippen LogP contribution in [0.4, 0.5) is 4.79 Å². The molecule has 0 aliphatic heterocycles. The number of unbranched alkanes of at least 4 members (excludes halogenated alkanes) is 1. The normalized spacial score (nSPS) is 21.2. The Hall–Kier alpha value is -0.770. The van der Waals surface area contributed by atoms with Crippen LogP contribution in [-0.2, 0) is 0 Å². The van der Waals surface area contributed by atoms with E-state index < -0.39 is 0 Å². The molecule has 4 heteroatoms. The van der Waals surface area contributed by atoms with Crippen LogP contribution < -0.4 is 5.32 Å². The van der Waals surface area contributed by atoms with Crippen LogP contribution in [0.5, 0.6) is 0 Å². The summed E-state index contributed by atoms with van der Waals surface area (Å²) in [5, 5.41) is 12.0. The standard InChI is InChI=1S/C14H26N2O2/c1-11(12-5-4-6-12)15-14(18)16(13-7-8-13)9-2-3-10-17/h11-13,17H,2-10H2,1H3,(H,15,18). The third-order valence-corrected chi connectivity index (χ3v) is 4.26. The first-order valence-electron chi connectivity index (χ1n) is 7.40. The molecule has 2 fully saturated rings. The van der Waals surface area contributed by atoms with E-state index in [-0.39, 0.29) is 12.6 Å². The zero-order valence-corrected chi connectivity index (χ0v) is 11.4. The van der Waals surface area contributed by atoms with Crippen LogP contribution in [0.2, 0.25) is 0 Å². The quantitative estimate of drug-likeness (QED) is 0.684. The largest absolute Gasteiger partial charge is 0.396 e. The zero-order valence-electron chi connectivity index (χ0n) is 11.4. The molecule has 1 atom stereocenters. The Morgan fingerprint density at radius 1 is 1.33 bits per heavy atom. The second-order valence-corrected chi connectivity index (χ2v) is 5.78. The Morgan fingerprint density at radius 2 is 2.06 bits per heavy atom. The van der Waals surface area contributed by atoms with Gasteiger partial charge < -0.3 is 15.3 Å². The maximum atomic E-state index is 12.2. The lowest BCUT2D eigenvalue weighted by atomic mass is 9.80. The number of carbonyl (C=O) groups excluding carboxylic acids is 1. The van der Waals surface area contributed by atoms with Crippen molar-refractivity contribution >= 4 is 6.03 Å². The first-order valence-corrected chi connectivity index (χ1v) is 7.40. The Kier molecular flexibility index (Phi) is 4.87. The van der Waals surface area contributed by atoms with Gasteiger partial charge in [0.25, 0.3) is 0 Å². The molecule has 2 aliphatic rings. The summed E-state index contributed by atoms with van der Waals surface area (Å²) in [4.78, 5) is 14.2. The number of nitrogens with zero attached hydrogens (tertiary/aromatic N) is 1. The van der Waals surface area contributed by atoms with Gasteiger partial charge in [0.15, 0.2) is 0 Å². The second-order valence-electron chi connectivity index (χ2n) is 5.78. The van der Waals surface area contributed by atoms with Gasteiger partial charge in [0, 0.05) is 25.2 Å². The molecule has 0 heterocycles. The molecule has 1 unspecified atom stereocenters. The molecule has 2 amide bonds. The van der Waals surface area contributed by atoms with Crippen molar-refractivity contribution in [3.63, 3.8) is 0 Å². The maximum Gasteiger partial charge on any atom is 0.317 e. The molecular formula is C14H26N2O2. The number of rotatable bonds is 7. The SMILES string of the molecule is CC(NC(=O)N(CCCCO)C1CC1)C1CCC1. The smallest absolute Gasteiger partial charge is 0.317 e. The monoisotopic (exact) mass is 254 g/mol. The van der Waals surface area contributed by atoms with E-state index in [4.69, 9.17) is 5.11 Å². The van der Waals surface area contributed by atoms with E-state index >= 15 is 0 Å². The predicted octanol–water partition coefficient (Wildman–Crippen LogP) is 2.12. The van der Waals surface area contributed by atoms with Gasteiger partial charge in [-0.2, -0.15) is 0 Å². The van der Waals surface area contributed by atoms with Crippen molar-refractivity contribution in [2.45, 2.75) is 64.0 Å². The summed E-state index contributed by atoms with van der Waals surface area (Å²) in [5.41, 5.74) is 0. The lowest BCUT2D eigenvalue weighted by Gasteiger charge is -2.33. The molecule has 0 aromatic rings. The number of aliphatic hydroxyl groups is 1. The van der Waals surface area contributed by atoms with Gasteiger partial charge in [0.05, 0.1) is 0 Å². The number of aliphatic hydroxyl groups excluding tert-OH is 1. The van der Waals surface area contributed by atoms with E-state index in [9.17, 15) is 4.79 Å². The van der Waals surface area contributed by atoms with Gasteiger partial charge >= 0.3 is 6.03 Å². The van der Waals surface area contributed by atoms with Crippen molar-refractivity contribution < 1.29 is 9.90 Å². The predicted molar refractivity (Wildman–Crippen MR) is 71.4 cm³/mol. The summed E-state index contributed by atoms with van der Waals surface area (Å²) in [6.45, 7) is 3.13. The number of amides is 2. The summed E-state index contributed by atoms with van der Waals surface area (Å²) in [5.74, 6) is 0.687. The van der Waals surface area contributed by atoms with Crippen molar-refractivity contribution in [1.82, 2.24) is 10.2 Å². The van der Waals surface area contributed by atoms with Crippen LogP contribution in [0, 0.1) is 5.92 Å². The van der Waals surface area contributed by atoms with Crippen molar-refractivity contribution in [2.75, 3.05) is 13.2 Å². The fourth-order valence-electron chi connectivity index (χ4n) is 2.57. The van der Waals surface area contributed by atoms with Crippen molar-refractivity contribution in [1.29, 1.82) is 0 Å². The Morgan fingerprint density at radius 3 is 2.56 bits per heavy atom. The lowest BCUT2D eigenvalue weighted by molar-refractivity contribution is 0.173. The van der Waals surface area contributed by atoms with Crippen LogP contribution in [-0.4, -0.2) is 41.3 Å². The third kappa shape index (κ3) is 3.61. The summed E-state index contributed by atoms with van der Waals surface area (Å²) in [6, 6.07) is 0.873. The van der Waals surface area contributed by atoms with E-state index in [1.165, 1.54) is 19.3 Å². The van der Waals surface area contributed by atoms with Gasteiger partial charge in [-0.1, -0.05) is 6.42 Å². The number of nitrogens with one attached hydrogen (secondary N) is 1. The van der Waals surface area contributed by atoms with E-state index in [2.05, 4.69) is 12.2 Å². The van der Waals surface area contributed by atoms with Gasteiger partial charge in [-0.3, -0.25) is 0 Å². The molecule has 0 radical (unpaired) electrons. The highest BCUT2D eigenvalue weighted by atomic mass is 16.3. The number of hydrogen-bond donors (Lipinski definition) is 2. The van der Waals surface area contributed by atoms with Crippen LogP contribution in [0.3, 0.4) is 0 Å². The second kappa shape index (κ2) is 6.41. The Balaban J connectivity index is 1.75. The Labute approximate surface area is 110 Å². The van der Waals surface area contributed by atoms with Crippen LogP contribution in [0.1, 0.15) is 51.9 Å². The molecule has 0 spiro atoms. The molecule has 2 saturated carbocycles. The van der Waals surface area contributed by atoms with Gasteiger partial charge in [-0.15, -0.1) is 0 Å². The fourth-order valence-corrected chi connectivity index (χ4v) is 2.57. The minimum absolute atomic E-state index is 0.106. The van der Waals surface area contributed by atoms with Gasteiger partial charge in [0.1, 0.15) is 0 Å². The molecular weight excluding hydrogens is 228 g/mol. The molecule has 2 rings (SSSR count). The van der Waals surface area contributed by atoms with E-state index in [0.29, 0.717) is 18.0 Å². The highest BCUT2D eigenvalue weighted by Crippen LogP contribution is 2.30. The van der Waals surface area contributed by atoms with Crippen molar-refractivity contribution in [2.24, 2.45) is 5.92 Å². The molecule has 2 N–H and O–H groups in total. The third-order valence-electron chi connectivity index (χ3n) is 4.26. The molecule has 4 nitrogen and oxygen atoms in total. The van der Waals surface area contributed by atoms with E-state index in [1.54, 1.807) is 0 Å². The van der Waals surface area contributed by atoms with Crippen molar-refractivity contribution in [3.8, 4) is 0 Å². The summed E-state index contributed by atoms with van der Waals surface area (Å²) >= 11 is 0. The maximum absolute atomic E-state index is 12.2. The van der Waals surface area contributed by atoms with Crippen LogP contribution in [0.25, 0.3) is 0 Å². The molecule has 0 bridgehead atoms. The fraction of sp³-hybridized carbons (Fsp3) is 0.929. The first-order chi connectivity index (χ1) is 8.72. The average Bonchev–Trinajstić information content (AvgIpc) is 3.05. The van der Waals surface area contributed by atoms with Gasteiger partial charge in [0.2, 0.25) is 0 Å². The molecule has 0 aromatic carbocycles. The van der Waals surface area contributed by atoms with Gasteiger partial charge in [-0.05, 0) is 51.4 Å². The van der Waals surface area contributed by atoms with E-state index in [0.717, 1.165) is 32.2 Å². The minimum Gasteiger partial charge on any atom is -0.396 e. The van der Waals surface area contributed by atoms with Crippen LogP contribution in [0.15, 0.2) is 0 Å². The topological polar surface area (TPSA) is 52.6 Å². The number of urea groups is 1. The summed E-state index contributed by atoms with van der Waals surface area (Å²) in [6.07, 6.45) is 7.81. The highest BCUT2D eigenvalue weighted by Gasteiger charge is 2.33. The molecule has 0 saturated heterocycles. The number of hydrogen-bond acceptors (Lipinski definition) is 2. The lowest BCUT2D eigenvalue weighted by Crippen LogP contribution is -2.48. The molecule has 2 aliphatic carbocycles. The highest BCUT2D eigenvalue weighted by molar-refractivity contribution is 5.75. The van der Waals surface area contributed by atoms with Crippen LogP contribution >= 0.6 is 0 Å². The summed E-state index contributed by atoms with van der Waals surface area (Å²) in [7, 11) is 0. The summed E-state index contributed by atoms with van der Waals surface area (Å²) < 4.78 is 0. The molecule has 18 heavy (non-hydrogen) atoms. The van der Waals surface area contributed by atoms with Gasteiger partial charge in [-0.25, -0.2) is 4.79 Å². The Bertz CT molecular complexity index is 275. The average molecular weight is 254 g/mol.